The van der Waals surface area contributed by atoms with E-state index >= 15 is 0 Å². The first-order chi connectivity index (χ1) is 33.0. The van der Waals surface area contributed by atoms with Crippen molar-refractivity contribution in [2.75, 3.05) is 6.61 Å². The molecule has 392 valence electrons. The number of ether oxygens (including phenoxy) is 1. The lowest BCUT2D eigenvalue weighted by molar-refractivity contribution is -0.151. The van der Waals surface area contributed by atoms with Gasteiger partial charge in [0, 0.05) is 6.42 Å². The number of carbonyl (C=O) groups is 2. The van der Waals surface area contributed by atoms with Crippen LogP contribution in [0.3, 0.4) is 0 Å². The summed E-state index contributed by atoms with van der Waals surface area (Å²) >= 11 is 0. The van der Waals surface area contributed by atoms with Crippen LogP contribution in [0.4, 0.5) is 0 Å². The summed E-state index contributed by atoms with van der Waals surface area (Å²) in [5.74, 6) is -0.498. The van der Waals surface area contributed by atoms with E-state index in [9.17, 15) is 19.8 Å². The van der Waals surface area contributed by atoms with E-state index < -0.39 is 18.2 Å². The molecule has 0 aromatic carbocycles. The van der Waals surface area contributed by atoms with Crippen molar-refractivity contribution in [1.82, 2.24) is 5.32 Å². The van der Waals surface area contributed by atoms with Gasteiger partial charge in [0.05, 0.1) is 25.2 Å². The molecule has 0 rings (SSSR count). The lowest BCUT2D eigenvalue weighted by Crippen LogP contribution is -2.46. The van der Waals surface area contributed by atoms with Crippen LogP contribution in [-0.2, 0) is 14.3 Å². The molecule has 6 nitrogen and oxygen atoms in total. The van der Waals surface area contributed by atoms with Crippen LogP contribution in [0.1, 0.15) is 303 Å². The summed E-state index contributed by atoms with van der Waals surface area (Å²) in [6, 6.07) is -0.714. The van der Waals surface area contributed by atoms with Gasteiger partial charge in [0.2, 0.25) is 5.91 Å². The monoisotopic (exact) mass is 940 g/mol. The van der Waals surface area contributed by atoms with Crippen molar-refractivity contribution < 1.29 is 24.5 Å². The lowest BCUT2D eigenvalue weighted by Gasteiger charge is -2.24. The van der Waals surface area contributed by atoms with Gasteiger partial charge in [-0.05, 0) is 51.4 Å². The van der Waals surface area contributed by atoms with Crippen LogP contribution < -0.4 is 5.32 Å². The van der Waals surface area contributed by atoms with E-state index in [-0.39, 0.29) is 24.9 Å². The standard InChI is InChI=1S/C61H113NO5/c1-4-7-10-13-16-19-22-25-27-29-30-31-33-36-39-42-45-48-51-54-61(66)67-57(52-49-46-43-40-37-35-32-28-26-23-20-17-14-11-8-5-2)55-60(65)62-58(56-63)59(64)53-50-47-44-41-38-34-24-21-18-15-12-9-6-3/h17,20,23,26,28,32,35,37,57-59,63-64H,4-16,18-19,21-22,24-25,27,29-31,33-34,36,38-56H2,1-3H3,(H,62,65)/b20-17+,26-23+,32-28+,37-35+. The molecule has 0 bridgehead atoms. The zero-order valence-corrected chi connectivity index (χ0v) is 44.8. The normalized spacial score (nSPS) is 13.4. The summed E-state index contributed by atoms with van der Waals surface area (Å²) in [5.41, 5.74) is 0. The van der Waals surface area contributed by atoms with Gasteiger partial charge in [-0.1, -0.05) is 288 Å². The minimum atomic E-state index is -0.798. The van der Waals surface area contributed by atoms with Crippen LogP contribution in [0.5, 0.6) is 0 Å². The smallest absolute Gasteiger partial charge is 0.306 e. The second-order valence-corrected chi connectivity index (χ2v) is 20.1. The number of aliphatic hydroxyl groups is 2. The SMILES string of the molecule is CCCCC/C=C/C=C/C=C/C=C/CCCCCC(CC(=O)NC(CO)C(O)CCCCCCCCCCCCCCC)OC(=O)CCCCCCCCCCCCCCCCCCCCC. The summed E-state index contributed by atoms with van der Waals surface area (Å²) in [4.78, 5) is 26.3. The maximum absolute atomic E-state index is 13.3. The highest BCUT2D eigenvalue weighted by Crippen LogP contribution is 2.19. The fourth-order valence-corrected chi connectivity index (χ4v) is 9.03. The predicted octanol–water partition coefficient (Wildman–Crippen LogP) is 18.2. The van der Waals surface area contributed by atoms with E-state index in [1.54, 1.807) is 0 Å². The third-order valence-corrected chi connectivity index (χ3v) is 13.5. The van der Waals surface area contributed by atoms with Gasteiger partial charge < -0.3 is 20.3 Å². The number of hydrogen-bond acceptors (Lipinski definition) is 5. The van der Waals surface area contributed by atoms with Crippen LogP contribution >= 0.6 is 0 Å². The predicted molar refractivity (Wildman–Crippen MR) is 292 cm³/mol. The quantitative estimate of drug-likeness (QED) is 0.0321. The van der Waals surface area contributed by atoms with Crippen LogP contribution in [0.15, 0.2) is 48.6 Å². The highest BCUT2D eigenvalue weighted by atomic mass is 16.5. The van der Waals surface area contributed by atoms with Gasteiger partial charge in [0.25, 0.3) is 0 Å². The molecule has 0 aromatic heterocycles. The van der Waals surface area contributed by atoms with E-state index in [1.807, 2.05) is 0 Å². The number of hydrogen-bond donors (Lipinski definition) is 3. The molecule has 0 aliphatic heterocycles. The van der Waals surface area contributed by atoms with Gasteiger partial charge in [-0.3, -0.25) is 9.59 Å². The third kappa shape index (κ3) is 50.0. The highest BCUT2D eigenvalue weighted by Gasteiger charge is 2.24. The summed E-state index contributed by atoms with van der Waals surface area (Å²) in [7, 11) is 0. The summed E-state index contributed by atoms with van der Waals surface area (Å²) < 4.78 is 5.95. The van der Waals surface area contributed by atoms with Crippen molar-refractivity contribution in [2.45, 2.75) is 322 Å². The Bertz CT molecular complexity index is 1150. The molecule has 0 fully saturated rings. The number of unbranched alkanes of at least 4 members (excludes halogenated alkanes) is 36. The maximum atomic E-state index is 13.3. The summed E-state index contributed by atoms with van der Waals surface area (Å²) in [5, 5.41) is 23.9. The molecule has 6 heteroatoms. The van der Waals surface area contributed by atoms with Crippen LogP contribution in [0.2, 0.25) is 0 Å². The van der Waals surface area contributed by atoms with E-state index in [4.69, 9.17) is 4.74 Å². The Morgan fingerprint density at radius 1 is 0.433 bits per heavy atom. The fraction of sp³-hybridized carbons (Fsp3) is 0.836. The average Bonchev–Trinajstić information content (AvgIpc) is 3.32. The van der Waals surface area contributed by atoms with Gasteiger partial charge in [-0.15, -0.1) is 0 Å². The zero-order chi connectivity index (χ0) is 48.8. The molecule has 3 N–H and O–H groups in total. The summed E-state index contributed by atoms with van der Waals surface area (Å²) in [6.45, 7) is 6.47. The molecule has 67 heavy (non-hydrogen) atoms. The first kappa shape index (κ1) is 64.8. The minimum absolute atomic E-state index is 0.0546. The van der Waals surface area contributed by atoms with Crippen LogP contribution in [0.25, 0.3) is 0 Å². The minimum Gasteiger partial charge on any atom is -0.462 e. The van der Waals surface area contributed by atoms with E-state index in [0.717, 1.165) is 70.6 Å². The second kappa shape index (κ2) is 54.8. The van der Waals surface area contributed by atoms with Crippen LogP contribution in [-0.4, -0.2) is 46.9 Å². The zero-order valence-electron chi connectivity index (χ0n) is 44.8. The number of esters is 1. The molecule has 0 aliphatic carbocycles. The Labute approximate surface area is 416 Å². The first-order valence-electron chi connectivity index (χ1n) is 29.4. The van der Waals surface area contributed by atoms with Crippen molar-refractivity contribution in [2.24, 2.45) is 0 Å². The number of allylic oxidation sites excluding steroid dienone is 8. The maximum Gasteiger partial charge on any atom is 0.306 e. The van der Waals surface area contributed by atoms with Gasteiger partial charge in [-0.25, -0.2) is 0 Å². The molecule has 0 radical (unpaired) electrons. The van der Waals surface area contributed by atoms with E-state index in [2.05, 4.69) is 74.7 Å². The molecular formula is C61H113NO5. The van der Waals surface area contributed by atoms with Gasteiger partial charge >= 0.3 is 5.97 Å². The van der Waals surface area contributed by atoms with E-state index in [0.29, 0.717) is 19.3 Å². The fourth-order valence-electron chi connectivity index (χ4n) is 9.03. The van der Waals surface area contributed by atoms with Crippen molar-refractivity contribution in [3.8, 4) is 0 Å². The molecule has 0 aromatic rings. The molecule has 3 atom stereocenters. The second-order valence-electron chi connectivity index (χ2n) is 20.1. The molecule has 0 spiro atoms. The molecule has 0 aliphatic rings. The molecule has 0 saturated carbocycles. The topological polar surface area (TPSA) is 95.9 Å². The van der Waals surface area contributed by atoms with E-state index in [1.165, 1.54) is 186 Å². The Morgan fingerprint density at radius 2 is 0.761 bits per heavy atom. The highest BCUT2D eigenvalue weighted by molar-refractivity contribution is 5.77. The number of amides is 1. The number of rotatable bonds is 53. The summed E-state index contributed by atoms with van der Waals surface area (Å²) in [6.07, 6.45) is 67.5. The number of aliphatic hydroxyl groups excluding tert-OH is 2. The molecular weight excluding hydrogens is 827 g/mol. The Kier molecular flexibility index (Phi) is 53.0. The van der Waals surface area contributed by atoms with Crippen molar-refractivity contribution in [3.63, 3.8) is 0 Å². The lowest BCUT2D eigenvalue weighted by atomic mass is 10.0. The third-order valence-electron chi connectivity index (χ3n) is 13.5. The number of carbonyl (C=O) groups excluding carboxylic acids is 2. The Morgan fingerprint density at radius 3 is 1.18 bits per heavy atom. The molecule has 0 heterocycles. The molecule has 3 unspecified atom stereocenters. The molecule has 0 saturated heterocycles. The largest absolute Gasteiger partial charge is 0.462 e. The van der Waals surface area contributed by atoms with Crippen molar-refractivity contribution in [1.29, 1.82) is 0 Å². The van der Waals surface area contributed by atoms with Crippen LogP contribution in [0, 0.1) is 0 Å². The Balaban J connectivity index is 4.58. The Hall–Kier alpha value is -2.18. The first-order valence-corrected chi connectivity index (χ1v) is 29.4. The number of nitrogens with one attached hydrogen (secondary N) is 1. The van der Waals surface area contributed by atoms with Crippen molar-refractivity contribution >= 4 is 11.9 Å². The molecule has 1 amide bonds. The van der Waals surface area contributed by atoms with Gasteiger partial charge in [0.1, 0.15) is 6.10 Å². The van der Waals surface area contributed by atoms with Gasteiger partial charge in [0.15, 0.2) is 0 Å². The van der Waals surface area contributed by atoms with Gasteiger partial charge in [-0.2, -0.15) is 0 Å². The average molecular weight is 941 g/mol. The van der Waals surface area contributed by atoms with Crippen molar-refractivity contribution in [3.05, 3.63) is 48.6 Å².